The molecular formula is C58H113N3O7S. The summed E-state index contributed by atoms with van der Waals surface area (Å²) in [6, 6.07) is 0. The number of hydrogen-bond donors (Lipinski definition) is 1. The zero-order valence-corrected chi connectivity index (χ0v) is 47.3. The average Bonchev–Trinajstić information content (AvgIpc) is 3.34. The average molecular weight is 997 g/mol. The lowest BCUT2D eigenvalue weighted by Crippen LogP contribution is -2.45. The minimum atomic E-state index is -1.10. The highest BCUT2D eigenvalue weighted by Crippen LogP contribution is 2.30. The second-order valence-electron chi connectivity index (χ2n) is 21.0. The lowest BCUT2D eigenvalue weighted by molar-refractivity contribution is -0.168. The fourth-order valence-corrected chi connectivity index (χ4v) is 10.9. The van der Waals surface area contributed by atoms with Crippen molar-refractivity contribution >= 4 is 29.7 Å². The number of nitrogens with zero attached hydrogens (tertiary/aromatic N) is 3. The van der Waals surface area contributed by atoms with Gasteiger partial charge in [-0.25, -0.2) is 4.79 Å². The van der Waals surface area contributed by atoms with Crippen molar-refractivity contribution in [2.24, 2.45) is 5.92 Å². The summed E-state index contributed by atoms with van der Waals surface area (Å²) in [6.45, 7) is 21.0. The molecule has 10 nitrogen and oxygen atoms in total. The van der Waals surface area contributed by atoms with Crippen molar-refractivity contribution in [2.45, 2.75) is 276 Å². The van der Waals surface area contributed by atoms with Crippen LogP contribution in [0.15, 0.2) is 0 Å². The molecule has 1 N–H and O–H groups in total. The third-order valence-electron chi connectivity index (χ3n) is 14.2. The third kappa shape index (κ3) is 37.1. The second kappa shape index (κ2) is 46.4. The van der Waals surface area contributed by atoms with Gasteiger partial charge in [-0.05, 0) is 84.5 Å². The maximum absolute atomic E-state index is 13.8. The predicted molar refractivity (Wildman–Crippen MR) is 293 cm³/mol. The number of piperazine rings is 1. The number of rotatable bonds is 49. The van der Waals surface area contributed by atoms with E-state index in [-0.39, 0.29) is 19.0 Å². The molecule has 5 unspecified atom stereocenters. The Bertz CT molecular complexity index is 1190. The Hall–Kier alpha value is -1.40. The molecule has 1 aliphatic heterocycles. The van der Waals surface area contributed by atoms with Crippen molar-refractivity contribution in [1.29, 1.82) is 0 Å². The van der Waals surface area contributed by atoms with Gasteiger partial charge in [-0.15, -0.1) is 11.8 Å². The van der Waals surface area contributed by atoms with Gasteiger partial charge in [0.25, 0.3) is 0 Å². The molecular weight excluding hydrogens is 883 g/mol. The van der Waals surface area contributed by atoms with E-state index >= 15 is 0 Å². The molecule has 1 fully saturated rings. The summed E-state index contributed by atoms with van der Waals surface area (Å²) in [4.78, 5) is 48.7. The molecule has 1 heterocycles. The Kier molecular flexibility index (Phi) is 44.1. The number of hydrogen-bond acceptors (Lipinski definition) is 11. The van der Waals surface area contributed by atoms with Crippen LogP contribution < -0.4 is 0 Å². The van der Waals surface area contributed by atoms with Gasteiger partial charge in [0.2, 0.25) is 6.10 Å². The molecule has 0 aromatic heterocycles. The molecule has 5 atom stereocenters. The first kappa shape index (κ1) is 65.6. The minimum absolute atomic E-state index is 0.171. The highest BCUT2D eigenvalue weighted by atomic mass is 32.2. The van der Waals surface area contributed by atoms with E-state index in [2.05, 4.69) is 49.4 Å². The van der Waals surface area contributed by atoms with Gasteiger partial charge >= 0.3 is 17.9 Å². The van der Waals surface area contributed by atoms with E-state index in [9.17, 15) is 19.5 Å². The summed E-state index contributed by atoms with van der Waals surface area (Å²) in [5.74, 6) is -0.826. The third-order valence-corrected chi connectivity index (χ3v) is 15.7. The molecule has 1 saturated heterocycles. The van der Waals surface area contributed by atoms with E-state index in [4.69, 9.17) is 14.2 Å². The van der Waals surface area contributed by atoms with Crippen molar-refractivity contribution in [1.82, 2.24) is 14.7 Å². The molecule has 0 aromatic carbocycles. The monoisotopic (exact) mass is 996 g/mol. The topological polar surface area (TPSA) is 109 Å². The summed E-state index contributed by atoms with van der Waals surface area (Å²) >= 11 is 1.41. The van der Waals surface area contributed by atoms with E-state index in [1.807, 2.05) is 13.8 Å². The van der Waals surface area contributed by atoms with Crippen LogP contribution in [-0.4, -0.2) is 133 Å². The van der Waals surface area contributed by atoms with Crippen LogP contribution in [-0.2, 0) is 28.6 Å². The van der Waals surface area contributed by atoms with Gasteiger partial charge in [0.05, 0.1) is 24.6 Å². The zero-order chi connectivity index (χ0) is 50.6. The van der Waals surface area contributed by atoms with Gasteiger partial charge in [0.1, 0.15) is 5.25 Å². The molecule has 0 amide bonds. The van der Waals surface area contributed by atoms with Gasteiger partial charge < -0.3 is 34.0 Å². The molecule has 0 bridgehead atoms. The molecule has 11 heteroatoms. The number of aliphatic hydroxyl groups excluding tert-OH is 1. The summed E-state index contributed by atoms with van der Waals surface area (Å²) in [6.07, 6.45) is 34.9. The molecule has 1 aliphatic rings. The number of unbranched alkanes of at least 4 members (excludes halogenated alkanes) is 21. The first-order valence-electron chi connectivity index (χ1n) is 29.6. The number of esters is 3. The predicted octanol–water partition coefficient (Wildman–Crippen LogP) is 14.0. The molecule has 0 spiro atoms. The normalized spacial score (nSPS) is 15.8. The van der Waals surface area contributed by atoms with Crippen LogP contribution in [0.3, 0.4) is 0 Å². The maximum atomic E-state index is 13.8. The van der Waals surface area contributed by atoms with E-state index in [1.54, 1.807) is 0 Å². The molecule has 0 saturated carbocycles. The molecule has 408 valence electrons. The minimum Gasteiger partial charge on any atom is -0.465 e. The van der Waals surface area contributed by atoms with Gasteiger partial charge in [-0.3, -0.25) is 9.59 Å². The summed E-state index contributed by atoms with van der Waals surface area (Å²) in [7, 11) is 2.18. The van der Waals surface area contributed by atoms with Crippen molar-refractivity contribution < 1.29 is 33.7 Å². The van der Waals surface area contributed by atoms with Crippen LogP contribution in [0.25, 0.3) is 0 Å². The maximum Gasteiger partial charge on any atom is 0.348 e. The largest absolute Gasteiger partial charge is 0.465 e. The van der Waals surface area contributed by atoms with Crippen LogP contribution in [0.4, 0.5) is 0 Å². The van der Waals surface area contributed by atoms with Crippen LogP contribution in [0.2, 0.25) is 0 Å². The first-order chi connectivity index (χ1) is 33.6. The lowest BCUT2D eigenvalue weighted by Gasteiger charge is -2.33. The van der Waals surface area contributed by atoms with Crippen molar-refractivity contribution in [3.8, 4) is 0 Å². The fourth-order valence-electron chi connectivity index (χ4n) is 9.61. The SMILES string of the molecule is CCCCCCCCCCC(CCCCCCCC)COC(=O)C(C)SC(CCCCCCC)C(OC(=O)CCCN(CCCN1CCN(C)CC1)CC(O)CCCCCCCC)C(=O)OCCC. The summed E-state index contributed by atoms with van der Waals surface area (Å²) < 4.78 is 18.0. The standard InChI is InChI=1S/C58H113N3O7S/c1-8-13-17-21-24-25-28-31-37-52(36-30-27-22-18-14-9-2)50-67-57(64)51(6)69-54(39-33-26-20-16-11-4)56(58(65)66-48-12-5)68-55(63)40-34-41-61(43-35-42-60-46-44-59(7)45-47-60)49-53(62)38-32-29-23-19-15-10-3/h51-54,56,62H,8-50H2,1-7H3. The Balaban J connectivity index is 3.03. The molecule has 69 heavy (non-hydrogen) atoms. The summed E-state index contributed by atoms with van der Waals surface area (Å²) in [5, 5.41) is 10.2. The number of carbonyl (C=O) groups is 3. The number of ether oxygens (including phenoxy) is 3. The quantitative estimate of drug-likeness (QED) is 0.0357. The molecule has 0 radical (unpaired) electrons. The van der Waals surface area contributed by atoms with Crippen molar-refractivity contribution in [3.05, 3.63) is 0 Å². The van der Waals surface area contributed by atoms with E-state index in [1.165, 1.54) is 127 Å². The van der Waals surface area contributed by atoms with Gasteiger partial charge in [-0.1, -0.05) is 195 Å². The molecule has 0 aliphatic carbocycles. The number of carbonyl (C=O) groups excluding carboxylic acids is 3. The number of likely N-dealkylation sites (N-methyl/N-ethyl adjacent to an activating group) is 1. The fraction of sp³-hybridized carbons (Fsp3) is 0.948. The van der Waals surface area contributed by atoms with E-state index in [0.717, 1.165) is 110 Å². The van der Waals surface area contributed by atoms with Crippen LogP contribution in [0.1, 0.15) is 253 Å². The van der Waals surface area contributed by atoms with Crippen molar-refractivity contribution in [3.63, 3.8) is 0 Å². The zero-order valence-electron chi connectivity index (χ0n) is 46.4. The highest BCUT2D eigenvalue weighted by Gasteiger charge is 2.36. The Morgan fingerprint density at radius 2 is 1.04 bits per heavy atom. The van der Waals surface area contributed by atoms with Crippen LogP contribution in [0.5, 0.6) is 0 Å². The summed E-state index contributed by atoms with van der Waals surface area (Å²) in [5.41, 5.74) is 0. The number of thioether (sulfide) groups is 1. The highest BCUT2D eigenvalue weighted by molar-refractivity contribution is 8.01. The van der Waals surface area contributed by atoms with Crippen molar-refractivity contribution in [2.75, 3.05) is 72.6 Å². The van der Waals surface area contributed by atoms with Gasteiger partial charge in [0, 0.05) is 39.1 Å². The van der Waals surface area contributed by atoms with Crippen LogP contribution in [0, 0.1) is 5.92 Å². The molecule has 1 rings (SSSR count). The smallest absolute Gasteiger partial charge is 0.348 e. The Morgan fingerprint density at radius 1 is 0.565 bits per heavy atom. The van der Waals surface area contributed by atoms with Crippen LogP contribution >= 0.6 is 11.8 Å². The number of aliphatic hydroxyl groups is 1. The van der Waals surface area contributed by atoms with E-state index < -0.39 is 34.6 Å². The Morgan fingerprint density at radius 3 is 1.57 bits per heavy atom. The van der Waals surface area contributed by atoms with Gasteiger partial charge in [-0.2, -0.15) is 0 Å². The second-order valence-corrected chi connectivity index (χ2v) is 22.6. The Labute approximate surface area is 431 Å². The van der Waals surface area contributed by atoms with E-state index in [0.29, 0.717) is 44.9 Å². The lowest BCUT2D eigenvalue weighted by atomic mass is 9.94. The molecule has 0 aromatic rings. The van der Waals surface area contributed by atoms with Gasteiger partial charge in [0.15, 0.2) is 0 Å². The first-order valence-corrected chi connectivity index (χ1v) is 30.5.